The maximum absolute atomic E-state index is 13.8. The first-order valence-electron chi connectivity index (χ1n) is 11.4. The van der Waals surface area contributed by atoms with Crippen molar-refractivity contribution in [3.8, 4) is 11.5 Å². The highest BCUT2D eigenvalue weighted by Crippen LogP contribution is 2.33. The first-order chi connectivity index (χ1) is 17.0. The number of carbonyl (C=O) groups is 2. The van der Waals surface area contributed by atoms with E-state index in [-0.39, 0.29) is 22.7 Å². The lowest BCUT2D eigenvalue weighted by Gasteiger charge is -2.22. The zero-order valence-corrected chi connectivity index (χ0v) is 20.9. The smallest absolute Gasteiger partial charge is 0.323 e. The number of benzene rings is 1. The summed E-state index contributed by atoms with van der Waals surface area (Å²) in [7, 11) is 2.70. The summed E-state index contributed by atoms with van der Waals surface area (Å²) in [5.41, 5.74) is -0.515. The molecule has 3 aromatic rings. The van der Waals surface area contributed by atoms with Crippen LogP contribution in [0.4, 0.5) is 0 Å². The molecule has 2 N–H and O–H groups in total. The fourth-order valence-corrected chi connectivity index (χ4v) is 4.36. The molecule has 2 heterocycles. The number of rotatable bonds is 9. The molecule has 0 aliphatic rings. The third-order valence-electron chi connectivity index (χ3n) is 6.01. The number of aryl methyl sites for hydroxylation is 1. The summed E-state index contributed by atoms with van der Waals surface area (Å²) in [5, 5.41) is 20.7. The van der Waals surface area contributed by atoms with E-state index in [1.807, 2.05) is 13.8 Å². The predicted octanol–water partition coefficient (Wildman–Crippen LogP) is 2.62. The second-order valence-electron chi connectivity index (χ2n) is 9.04. The molecule has 36 heavy (non-hydrogen) atoms. The Hall–Kier alpha value is -4.08. The third-order valence-corrected chi connectivity index (χ3v) is 6.01. The molecule has 10 nitrogen and oxygen atoms in total. The van der Waals surface area contributed by atoms with E-state index in [2.05, 4.69) is 0 Å². The van der Waals surface area contributed by atoms with Crippen LogP contribution < -0.4 is 15.9 Å². The van der Waals surface area contributed by atoms with Crippen molar-refractivity contribution in [1.82, 2.24) is 9.13 Å². The number of methoxy groups -OCH3 is 2. The maximum Gasteiger partial charge on any atom is 0.323 e. The van der Waals surface area contributed by atoms with Crippen LogP contribution in [-0.4, -0.2) is 45.5 Å². The Labute approximate surface area is 207 Å². The molecule has 0 fully saturated rings. The number of hydrogen-bond acceptors (Lipinski definition) is 7. The highest BCUT2D eigenvalue weighted by molar-refractivity contribution is 5.82. The van der Waals surface area contributed by atoms with Crippen molar-refractivity contribution in [2.24, 2.45) is 5.92 Å². The average molecular weight is 499 g/mol. The van der Waals surface area contributed by atoms with Gasteiger partial charge in [0.15, 0.2) is 0 Å². The average Bonchev–Trinajstić information content (AvgIpc) is 2.81. The van der Waals surface area contributed by atoms with Gasteiger partial charge in [0.1, 0.15) is 18.0 Å². The zero-order chi connectivity index (χ0) is 26.7. The van der Waals surface area contributed by atoms with Crippen molar-refractivity contribution in [2.75, 3.05) is 14.2 Å². The quantitative estimate of drug-likeness (QED) is 0.430. The zero-order valence-electron chi connectivity index (χ0n) is 20.9. The molecular weight excluding hydrogens is 468 g/mol. The summed E-state index contributed by atoms with van der Waals surface area (Å²) in [6, 6.07) is 8.06. The number of ether oxygens (including phenoxy) is 2. The first-order valence-corrected chi connectivity index (χ1v) is 11.4. The van der Waals surface area contributed by atoms with E-state index in [4.69, 9.17) is 9.47 Å². The van der Waals surface area contributed by atoms with Crippen molar-refractivity contribution in [1.29, 1.82) is 0 Å². The Morgan fingerprint density at radius 1 is 1.03 bits per heavy atom. The van der Waals surface area contributed by atoms with E-state index < -0.39 is 47.7 Å². The Morgan fingerprint density at radius 3 is 2.31 bits per heavy atom. The summed E-state index contributed by atoms with van der Waals surface area (Å²) in [5.74, 6) is -2.93. The fourth-order valence-electron chi connectivity index (χ4n) is 4.36. The lowest BCUT2D eigenvalue weighted by molar-refractivity contribution is -0.141. The minimum atomic E-state index is -1.25. The summed E-state index contributed by atoms with van der Waals surface area (Å²) in [6.45, 7) is 5.12. The first kappa shape index (κ1) is 26.5. The van der Waals surface area contributed by atoms with Crippen molar-refractivity contribution >= 4 is 22.8 Å². The molecule has 0 unspecified atom stereocenters. The standard InChI is InChI=1S/C26H30N2O8/c1-14(2)12-28-20-7-6-17(35-4)9-16(20)10-19(25(28)33)18(11-23(32)36-5)24-21(29)8-15(3)27(26(24)34)13-22(30)31/h6-10,14,18,29H,11-13H2,1-5H3,(H,30,31)/t18-/m1/s1. The molecule has 3 rings (SSSR count). The van der Waals surface area contributed by atoms with E-state index in [9.17, 15) is 29.4 Å². The Kier molecular flexibility index (Phi) is 7.87. The topological polar surface area (TPSA) is 137 Å². The maximum atomic E-state index is 13.8. The monoisotopic (exact) mass is 498 g/mol. The highest BCUT2D eigenvalue weighted by Gasteiger charge is 2.30. The van der Waals surface area contributed by atoms with Crippen LogP contribution >= 0.6 is 0 Å². The summed E-state index contributed by atoms with van der Waals surface area (Å²) >= 11 is 0. The van der Waals surface area contributed by atoms with Gasteiger partial charge in [-0.05, 0) is 43.2 Å². The molecule has 0 amide bonds. The lowest BCUT2D eigenvalue weighted by Crippen LogP contribution is -2.34. The number of carboxylic acid groups (broad SMARTS) is 1. The van der Waals surface area contributed by atoms with Gasteiger partial charge in [-0.1, -0.05) is 13.8 Å². The Bertz CT molecular complexity index is 1430. The van der Waals surface area contributed by atoms with Gasteiger partial charge in [0.05, 0.1) is 31.7 Å². The number of fused-ring (bicyclic) bond motifs is 1. The van der Waals surface area contributed by atoms with Gasteiger partial charge in [-0.15, -0.1) is 0 Å². The predicted molar refractivity (Wildman–Crippen MR) is 133 cm³/mol. The molecule has 1 aromatic carbocycles. The van der Waals surface area contributed by atoms with Crippen LogP contribution in [0.3, 0.4) is 0 Å². The molecule has 0 saturated carbocycles. The molecule has 0 spiro atoms. The number of pyridine rings is 2. The van der Waals surface area contributed by atoms with E-state index in [0.29, 0.717) is 23.2 Å². The van der Waals surface area contributed by atoms with Gasteiger partial charge >= 0.3 is 11.9 Å². The Morgan fingerprint density at radius 2 is 1.72 bits per heavy atom. The van der Waals surface area contributed by atoms with Crippen molar-refractivity contribution in [3.63, 3.8) is 0 Å². The van der Waals surface area contributed by atoms with E-state index in [0.717, 1.165) is 4.57 Å². The van der Waals surface area contributed by atoms with Gasteiger partial charge in [0.2, 0.25) is 0 Å². The highest BCUT2D eigenvalue weighted by atomic mass is 16.5. The van der Waals surface area contributed by atoms with Crippen LogP contribution in [0.5, 0.6) is 11.5 Å². The number of aromatic hydroxyl groups is 1. The minimum Gasteiger partial charge on any atom is -0.507 e. The number of nitrogens with zero attached hydrogens (tertiary/aromatic N) is 2. The van der Waals surface area contributed by atoms with Crippen LogP contribution in [0.1, 0.15) is 43.0 Å². The van der Waals surface area contributed by atoms with Crippen LogP contribution in [0.2, 0.25) is 0 Å². The molecule has 0 aliphatic heterocycles. The molecule has 0 aliphatic carbocycles. The molecule has 0 radical (unpaired) electrons. The number of carbonyl (C=O) groups excluding carboxylic acids is 1. The van der Waals surface area contributed by atoms with Crippen LogP contribution in [-0.2, 0) is 27.4 Å². The SMILES string of the molecule is COC(=O)C[C@@H](c1c(O)cc(C)n(CC(=O)O)c1=O)c1cc2cc(OC)ccc2n(CC(C)C)c1=O. The van der Waals surface area contributed by atoms with Crippen LogP contribution in [0.15, 0.2) is 39.9 Å². The molecule has 1 atom stereocenters. The summed E-state index contributed by atoms with van der Waals surface area (Å²) < 4.78 is 12.7. The van der Waals surface area contributed by atoms with Crippen LogP contribution in [0.25, 0.3) is 10.9 Å². The largest absolute Gasteiger partial charge is 0.507 e. The van der Waals surface area contributed by atoms with Crippen LogP contribution in [0, 0.1) is 12.8 Å². The van der Waals surface area contributed by atoms with E-state index >= 15 is 0 Å². The molecule has 0 bridgehead atoms. The van der Waals surface area contributed by atoms with Gasteiger partial charge in [-0.3, -0.25) is 19.2 Å². The lowest BCUT2D eigenvalue weighted by atomic mass is 9.88. The van der Waals surface area contributed by atoms with Gasteiger partial charge in [0, 0.05) is 29.1 Å². The molecule has 192 valence electrons. The van der Waals surface area contributed by atoms with Gasteiger partial charge < -0.3 is 28.8 Å². The normalized spacial score (nSPS) is 12.1. The molecule has 2 aromatic heterocycles. The third kappa shape index (κ3) is 5.27. The fraction of sp³-hybridized carbons (Fsp3) is 0.385. The Balaban J connectivity index is 2.41. The molecular formula is C26H30N2O8. The van der Waals surface area contributed by atoms with Crippen molar-refractivity contribution in [2.45, 2.75) is 46.2 Å². The molecule has 10 heteroatoms. The minimum absolute atomic E-state index is 0.0972. The van der Waals surface area contributed by atoms with Gasteiger partial charge in [0.25, 0.3) is 11.1 Å². The van der Waals surface area contributed by atoms with Crippen molar-refractivity contribution < 1.29 is 29.3 Å². The number of hydrogen-bond donors (Lipinski definition) is 2. The number of aromatic nitrogens is 2. The van der Waals surface area contributed by atoms with Gasteiger partial charge in [-0.2, -0.15) is 0 Å². The number of esters is 1. The van der Waals surface area contributed by atoms with Gasteiger partial charge in [-0.25, -0.2) is 0 Å². The van der Waals surface area contributed by atoms with E-state index in [1.54, 1.807) is 28.8 Å². The number of carboxylic acids is 1. The van der Waals surface area contributed by atoms with Crippen molar-refractivity contribution in [3.05, 3.63) is 67.9 Å². The summed E-state index contributed by atoms with van der Waals surface area (Å²) in [6.07, 6.45) is -0.415. The second kappa shape index (κ2) is 10.7. The van der Waals surface area contributed by atoms with E-state index in [1.165, 1.54) is 27.2 Å². The number of aliphatic carboxylic acids is 1. The summed E-state index contributed by atoms with van der Waals surface area (Å²) in [4.78, 5) is 51.0. The molecule has 0 saturated heterocycles. The second-order valence-corrected chi connectivity index (χ2v) is 9.04.